The third-order valence-electron chi connectivity index (χ3n) is 4.34. The van der Waals surface area contributed by atoms with Crippen molar-refractivity contribution < 1.29 is 0 Å². The lowest BCUT2D eigenvalue weighted by Crippen LogP contribution is -2.50. The first-order valence-electron chi connectivity index (χ1n) is 7.23. The predicted molar refractivity (Wildman–Crippen MR) is 92.9 cm³/mol. The Morgan fingerprint density at radius 3 is 1.80 bits per heavy atom. The molecule has 0 spiro atoms. The molecule has 0 aliphatic rings. The van der Waals surface area contributed by atoms with Crippen LogP contribution < -0.4 is 5.19 Å². The number of hydrogen-bond donors (Lipinski definition) is 0. The van der Waals surface area contributed by atoms with Crippen molar-refractivity contribution in [2.24, 2.45) is 0 Å². The quantitative estimate of drug-likeness (QED) is 0.692. The van der Waals surface area contributed by atoms with Gasteiger partial charge in [0.2, 0.25) is 0 Å². The maximum Gasteiger partial charge on any atom is 0.112 e. The van der Waals surface area contributed by atoms with Gasteiger partial charge in [0, 0.05) is 0 Å². The summed E-state index contributed by atoms with van der Waals surface area (Å²) in [5.41, 5.74) is 3.77. The van der Waals surface area contributed by atoms with Gasteiger partial charge in [-0.2, -0.15) is 0 Å². The molecule has 1 heteroatoms. The highest BCUT2D eigenvalue weighted by atomic mass is 28.3. The molecular formula is C19H24Si. The molecule has 0 heterocycles. The first-order chi connectivity index (χ1) is 9.43. The van der Waals surface area contributed by atoms with Crippen molar-refractivity contribution in [3.8, 4) is 0 Å². The van der Waals surface area contributed by atoms with E-state index >= 15 is 0 Å². The van der Waals surface area contributed by atoms with E-state index in [0.717, 1.165) is 0 Å². The second-order valence-corrected chi connectivity index (χ2v) is 11.4. The maximum absolute atomic E-state index is 2.48. The lowest BCUT2D eigenvalue weighted by Gasteiger charge is -2.38. The molecule has 2 rings (SSSR count). The number of benzene rings is 2. The largest absolute Gasteiger partial charge is 0.112 e. The molecule has 0 aliphatic heterocycles. The Morgan fingerprint density at radius 1 is 0.800 bits per heavy atom. The summed E-state index contributed by atoms with van der Waals surface area (Å²) in [6.07, 6.45) is 2.30. The van der Waals surface area contributed by atoms with Crippen LogP contribution in [0, 0.1) is 0 Å². The maximum atomic E-state index is 2.48. The first-order valence-corrected chi connectivity index (χ1v) is 9.81. The van der Waals surface area contributed by atoms with E-state index in [0.29, 0.717) is 5.04 Å². The summed E-state index contributed by atoms with van der Waals surface area (Å²) >= 11 is 0. The molecule has 0 nitrogen and oxygen atoms in total. The van der Waals surface area contributed by atoms with Crippen LogP contribution in [0.25, 0.3) is 6.08 Å². The minimum atomic E-state index is -1.69. The summed E-state index contributed by atoms with van der Waals surface area (Å²) in [5.74, 6) is 0. The Labute approximate surface area is 124 Å². The topological polar surface area (TPSA) is 0 Å². The van der Waals surface area contributed by atoms with E-state index in [1.54, 1.807) is 0 Å². The average Bonchev–Trinajstić information content (AvgIpc) is 2.45. The van der Waals surface area contributed by atoms with E-state index in [2.05, 4.69) is 99.8 Å². The summed E-state index contributed by atoms with van der Waals surface area (Å²) in [6.45, 7) is 9.55. The highest BCUT2D eigenvalue weighted by molar-refractivity contribution is 6.97. The predicted octanol–water partition coefficient (Wildman–Crippen LogP) is 5.02. The van der Waals surface area contributed by atoms with Crippen LogP contribution in [0.3, 0.4) is 0 Å². The average molecular weight is 280 g/mol. The van der Waals surface area contributed by atoms with Crippen molar-refractivity contribution in [3.63, 3.8) is 0 Å². The van der Waals surface area contributed by atoms with Crippen LogP contribution in [0.1, 0.15) is 26.3 Å². The van der Waals surface area contributed by atoms with Crippen LogP contribution in [0.4, 0.5) is 0 Å². The molecule has 20 heavy (non-hydrogen) atoms. The standard InChI is InChI=1S/C19H24Si/c1-19(2,3)20(4,18-13-9-6-10-14-18)16-15-17-11-7-5-8-12-17/h5-16H,1-4H3. The normalized spacial score (nSPS) is 15.2. The van der Waals surface area contributed by atoms with Crippen molar-refractivity contribution in [2.45, 2.75) is 32.4 Å². The highest BCUT2D eigenvalue weighted by Gasteiger charge is 2.38. The summed E-state index contributed by atoms with van der Waals surface area (Å²) < 4.78 is 0. The number of hydrogen-bond acceptors (Lipinski definition) is 0. The van der Waals surface area contributed by atoms with Crippen molar-refractivity contribution in [1.82, 2.24) is 0 Å². The van der Waals surface area contributed by atoms with Crippen LogP contribution in [0.15, 0.2) is 66.4 Å². The van der Waals surface area contributed by atoms with Crippen molar-refractivity contribution in [1.29, 1.82) is 0 Å². The molecule has 0 saturated carbocycles. The molecule has 0 radical (unpaired) electrons. The summed E-state index contributed by atoms with van der Waals surface area (Å²) in [4.78, 5) is 0. The van der Waals surface area contributed by atoms with Crippen LogP contribution in [0.2, 0.25) is 11.6 Å². The molecule has 0 N–H and O–H groups in total. The lowest BCUT2D eigenvalue weighted by molar-refractivity contribution is 0.734. The zero-order valence-corrected chi connectivity index (χ0v) is 13.9. The summed E-state index contributed by atoms with van der Waals surface area (Å²) in [5, 5.41) is 1.79. The zero-order chi connectivity index (χ0) is 14.6. The summed E-state index contributed by atoms with van der Waals surface area (Å²) in [7, 11) is -1.69. The Morgan fingerprint density at radius 2 is 1.30 bits per heavy atom. The van der Waals surface area contributed by atoms with E-state index < -0.39 is 8.07 Å². The molecule has 1 unspecified atom stereocenters. The van der Waals surface area contributed by atoms with Gasteiger partial charge < -0.3 is 0 Å². The second-order valence-electron chi connectivity index (χ2n) is 6.56. The molecule has 0 aromatic heterocycles. The molecule has 0 amide bonds. The van der Waals surface area contributed by atoms with Crippen molar-refractivity contribution >= 4 is 19.3 Å². The van der Waals surface area contributed by atoms with Crippen molar-refractivity contribution in [2.75, 3.05) is 0 Å². The Hall–Kier alpha value is -1.60. The molecular weight excluding hydrogens is 256 g/mol. The van der Waals surface area contributed by atoms with E-state index in [-0.39, 0.29) is 0 Å². The van der Waals surface area contributed by atoms with Crippen LogP contribution in [-0.2, 0) is 0 Å². The minimum absolute atomic E-state index is 0.291. The lowest BCUT2D eigenvalue weighted by atomic mass is 10.2. The first kappa shape index (κ1) is 14.8. The minimum Gasteiger partial charge on any atom is -0.0891 e. The van der Waals surface area contributed by atoms with Gasteiger partial charge in [0.15, 0.2) is 0 Å². The molecule has 2 aromatic rings. The van der Waals surface area contributed by atoms with Gasteiger partial charge in [-0.1, -0.05) is 105 Å². The van der Waals surface area contributed by atoms with Gasteiger partial charge in [-0.15, -0.1) is 0 Å². The van der Waals surface area contributed by atoms with Gasteiger partial charge in [0.25, 0.3) is 0 Å². The van der Waals surface area contributed by atoms with Gasteiger partial charge in [0.05, 0.1) is 0 Å². The van der Waals surface area contributed by atoms with Gasteiger partial charge >= 0.3 is 0 Å². The van der Waals surface area contributed by atoms with Gasteiger partial charge in [-0.25, -0.2) is 0 Å². The molecule has 104 valence electrons. The van der Waals surface area contributed by atoms with E-state index in [1.807, 2.05) is 0 Å². The fourth-order valence-electron chi connectivity index (χ4n) is 2.39. The third-order valence-corrected chi connectivity index (χ3v) is 9.82. The summed E-state index contributed by atoms with van der Waals surface area (Å²) in [6, 6.07) is 21.6. The monoisotopic (exact) mass is 280 g/mol. The highest BCUT2D eigenvalue weighted by Crippen LogP contribution is 2.37. The molecule has 0 fully saturated rings. The van der Waals surface area contributed by atoms with Gasteiger partial charge in [-0.3, -0.25) is 0 Å². The SMILES string of the molecule is CC(C)(C)[Si](C)(C=Cc1ccccc1)c1ccccc1. The van der Waals surface area contributed by atoms with Crippen LogP contribution >= 0.6 is 0 Å². The molecule has 0 aliphatic carbocycles. The fraction of sp³-hybridized carbons (Fsp3) is 0.263. The Kier molecular flexibility index (Phi) is 4.29. The fourth-order valence-corrected chi connectivity index (χ4v) is 5.36. The number of rotatable bonds is 3. The van der Waals surface area contributed by atoms with Crippen molar-refractivity contribution in [3.05, 3.63) is 71.9 Å². The smallest absolute Gasteiger partial charge is 0.0891 e. The molecule has 0 bridgehead atoms. The zero-order valence-electron chi connectivity index (χ0n) is 12.9. The van der Waals surface area contributed by atoms with Crippen LogP contribution in [0.5, 0.6) is 0 Å². The van der Waals surface area contributed by atoms with Crippen LogP contribution in [-0.4, -0.2) is 8.07 Å². The second kappa shape index (κ2) is 5.80. The Bertz CT molecular complexity index is 564. The Balaban J connectivity index is 2.42. The third kappa shape index (κ3) is 3.10. The van der Waals surface area contributed by atoms with E-state index in [4.69, 9.17) is 0 Å². The van der Waals surface area contributed by atoms with E-state index in [9.17, 15) is 0 Å². The van der Waals surface area contributed by atoms with E-state index in [1.165, 1.54) is 10.8 Å². The van der Waals surface area contributed by atoms with Gasteiger partial charge in [0.1, 0.15) is 8.07 Å². The molecule has 0 saturated heterocycles. The molecule has 2 aromatic carbocycles. The molecule has 1 atom stereocenters. The van der Waals surface area contributed by atoms with Gasteiger partial charge in [-0.05, 0) is 10.6 Å².